The number of aromatic nitrogens is 2. The smallest absolute Gasteiger partial charge is 0.416 e. The Morgan fingerprint density at radius 2 is 1.81 bits per heavy atom. The molecular weight excluding hydrogens is 359 g/mol. The minimum Gasteiger partial charge on any atom is -0.425 e. The summed E-state index contributed by atoms with van der Waals surface area (Å²) >= 11 is 0. The summed E-state index contributed by atoms with van der Waals surface area (Å²) in [6.07, 6.45) is -0.641. The van der Waals surface area contributed by atoms with Gasteiger partial charge in [0.25, 0.3) is 0 Å². The molecule has 0 saturated carbocycles. The lowest BCUT2D eigenvalue weighted by molar-refractivity contribution is -0.137. The molecule has 1 aromatic heterocycles. The van der Waals surface area contributed by atoms with Crippen LogP contribution in [0.1, 0.15) is 29.3 Å². The van der Waals surface area contributed by atoms with E-state index in [2.05, 4.69) is 23.4 Å². The summed E-state index contributed by atoms with van der Waals surface area (Å²) in [4.78, 5) is 13.7. The Morgan fingerprint density at radius 3 is 2.44 bits per heavy atom. The first kappa shape index (κ1) is 20.4. The van der Waals surface area contributed by atoms with Gasteiger partial charge < -0.3 is 9.32 Å². The zero-order valence-electron chi connectivity index (χ0n) is 14.7. The number of halogens is 3. The number of amides is 1. The monoisotopic (exact) mass is 379 g/mol. The van der Waals surface area contributed by atoms with Crippen LogP contribution >= 0.6 is 0 Å². The summed E-state index contributed by atoms with van der Waals surface area (Å²) in [6.45, 7) is 8.04. The first-order chi connectivity index (χ1) is 12.8. The lowest BCUT2D eigenvalue weighted by Crippen LogP contribution is -2.31. The van der Waals surface area contributed by atoms with Crippen molar-refractivity contribution >= 4 is 5.91 Å². The molecule has 0 saturated heterocycles. The van der Waals surface area contributed by atoms with Gasteiger partial charge in [0.2, 0.25) is 17.7 Å². The number of rotatable bonds is 9. The van der Waals surface area contributed by atoms with Crippen LogP contribution in [0.4, 0.5) is 13.2 Å². The Bertz CT molecular complexity index is 789. The van der Waals surface area contributed by atoms with E-state index in [1.54, 1.807) is 23.1 Å². The van der Waals surface area contributed by atoms with Gasteiger partial charge in [-0.2, -0.15) is 13.2 Å². The van der Waals surface area contributed by atoms with Gasteiger partial charge in [0.15, 0.2) is 0 Å². The molecule has 1 aromatic carbocycles. The first-order valence-electron chi connectivity index (χ1n) is 8.30. The Balaban J connectivity index is 1.96. The summed E-state index contributed by atoms with van der Waals surface area (Å²) in [6, 6.07) is 4.95. The van der Waals surface area contributed by atoms with Gasteiger partial charge >= 0.3 is 6.18 Å². The highest BCUT2D eigenvalue weighted by Gasteiger charge is 2.30. The molecule has 0 bridgehead atoms. The normalized spacial score (nSPS) is 11.2. The van der Waals surface area contributed by atoms with Crippen molar-refractivity contribution in [2.24, 2.45) is 0 Å². The molecule has 0 unspecified atom stereocenters. The van der Waals surface area contributed by atoms with E-state index in [1.807, 2.05) is 0 Å². The predicted octanol–water partition coefficient (Wildman–Crippen LogP) is 3.81. The summed E-state index contributed by atoms with van der Waals surface area (Å²) in [5.41, 5.74) is -0.311. The third-order valence-electron chi connectivity index (χ3n) is 3.72. The van der Waals surface area contributed by atoms with E-state index in [4.69, 9.17) is 4.42 Å². The SMILES string of the molecule is C=CCN(CC=C)C(=O)CCc1nnc(Cc2cccc(C(F)(F)F)c2)o1. The highest BCUT2D eigenvalue weighted by molar-refractivity contribution is 5.76. The van der Waals surface area contributed by atoms with E-state index < -0.39 is 11.7 Å². The van der Waals surface area contributed by atoms with Crippen LogP contribution in [0.25, 0.3) is 0 Å². The van der Waals surface area contributed by atoms with Crippen molar-refractivity contribution in [3.8, 4) is 0 Å². The number of carbonyl (C=O) groups excluding carboxylic acids is 1. The molecule has 0 atom stereocenters. The van der Waals surface area contributed by atoms with Crippen molar-refractivity contribution in [3.05, 3.63) is 72.5 Å². The van der Waals surface area contributed by atoms with Crippen molar-refractivity contribution in [2.45, 2.75) is 25.4 Å². The van der Waals surface area contributed by atoms with Crippen LogP contribution in [0.3, 0.4) is 0 Å². The quantitative estimate of drug-likeness (QED) is 0.622. The molecule has 0 spiro atoms. The van der Waals surface area contributed by atoms with Crippen LogP contribution in [-0.4, -0.2) is 34.1 Å². The van der Waals surface area contributed by atoms with Crippen LogP contribution < -0.4 is 0 Å². The average molecular weight is 379 g/mol. The van der Waals surface area contributed by atoms with Crippen molar-refractivity contribution < 1.29 is 22.4 Å². The Labute approximate surface area is 155 Å². The minimum absolute atomic E-state index is 0.0872. The highest BCUT2D eigenvalue weighted by Crippen LogP contribution is 2.29. The van der Waals surface area contributed by atoms with Crippen LogP contribution in [0.5, 0.6) is 0 Å². The summed E-state index contributed by atoms with van der Waals surface area (Å²) in [7, 11) is 0. The van der Waals surface area contributed by atoms with Gasteiger partial charge in [0.05, 0.1) is 12.0 Å². The molecule has 27 heavy (non-hydrogen) atoms. The van der Waals surface area contributed by atoms with Gasteiger partial charge in [0, 0.05) is 25.9 Å². The van der Waals surface area contributed by atoms with Crippen LogP contribution in [0.15, 0.2) is 54.0 Å². The fourth-order valence-corrected chi connectivity index (χ4v) is 2.45. The number of aryl methyl sites for hydroxylation is 1. The molecule has 5 nitrogen and oxygen atoms in total. The van der Waals surface area contributed by atoms with E-state index in [0.29, 0.717) is 18.7 Å². The second kappa shape index (κ2) is 9.16. The minimum atomic E-state index is -4.40. The predicted molar refractivity (Wildman–Crippen MR) is 93.8 cm³/mol. The molecule has 0 aliphatic rings. The fraction of sp³-hybridized carbons (Fsp3) is 0.316. The molecule has 144 valence electrons. The Kier molecular flexibility index (Phi) is 6.92. The van der Waals surface area contributed by atoms with E-state index in [9.17, 15) is 18.0 Å². The fourth-order valence-electron chi connectivity index (χ4n) is 2.45. The second-order valence-corrected chi connectivity index (χ2v) is 5.84. The van der Waals surface area contributed by atoms with Crippen LogP contribution in [-0.2, 0) is 23.8 Å². The molecule has 2 rings (SSSR count). The number of hydrogen-bond acceptors (Lipinski definition) is 4. The van der Waals surface area contributed by atoms with Crippen molar-refractivity contribution in [1.29, 1.82) is 0 Å². The van der Waals surface area contributed by atoms with Crippen molar-refractivity contribution in [3.63, 3.8) is 0 Å². The van der Waals surface area contributed by atoms with Gasteiger partial charge in [0.1, 0.15) is 0 Å². The second-order valence-electron chi connectivity index (χ2n) is 5.84. The van der Waals surface area contributed by atoms with Crippen LogP contribution in [0.2, 0.25) is 0 Å². The maximum Gasteiger partial charge on any atom is 0.416 e. The van der Waals surface area contributed by atoms with Crippen molar-refractivity contribution in [2.75, 3.05) is 13.1 Å². The Hall–Kier alpha value is -2.90. The van der Waals surface area contributed by atoms with Gasteiger partial charge in [-0.15, -0.1) is 23.4 Å². The number of alkyl halides is 3. The maximum absolute atomic E-state index is 12.8. The van der Waals surface area contributed by atoms with Gasteiger partial charge in [-0.1, -0.05) is 30.4 Å². The van der Waals surface area contributed by atoms with E-state index in [1.165, 1.54) is 6.07 Å². The molecule has 2 aromatic rings. The topological polar surface area (TPSA) is 59.2 Å². The van der Waals surface area contributed by atoms with E-state index in [-0.39, 0.29) is 37.0 Å². The standard InChI is InChI=1S/C19H20F3N3O2/c1-3-10-25(11-4-2)18(26)9-8-16-23-24-17(27-16)13-14-6-5-7-15(12-14)19(20,21)22/h3-7,12H,1-2,8-11,13H2. The van der Waals surface area contributed by atoms with Gasteiger partial charge in [-0.3, -0.25) is 4.79 Å². The molecule has 0 aliphatic heterocycles. The largest absolute Gasteiger partial charge is 0.425 e. The van der Waals surface area contributed by atoms with E-state index >= 15 is 0 Å². The third-order valence-corrected chi connectivity index (χ3v) is 3.72. The zero-order chi connectivity index (χ0) is 19.9. The lowest BCUT2D eigenvalue weighted by atomic mass is 10.1. The summed E-state index contributed by atoms with van der Waals surface area (Å²) in [5, 5.41) is 7.70. The lowest BCUT2D eigenvalue weighted by Gasteiger charge is -2.18. The zero-order valence-corrected chi connectivity index (χ0v) is 14.7. The molecule has 1 amide bonds. The van der Waals surface area contributed by atoms with Crippen LogP contribution in [0, 0.1) is 0 Å². The van der Waals surface area contributed by atoms with Gasteiger partial charge in [-0.25, -0.2) is 0 Å². The number of hydrogen-bond donors (Lipinski definition) is 0. The van der Waals surface area contributed by atoms with Gasteiger partial charge in [-0.05, 0) is 11.6 Å². The molecule has 1 heterocycles. The van der Waals surface area contributed by atoms with Crippen molar-refractivity contribution in [1.82, 2.24) is 15.1 Å². The molecule has 0 aliphatic carbocycles. The molecule has 0 radical (unpaired) electrons. The highest BCUT2D eigenvalue weighted by atomic mass is 19.4. The summed E-state index contributed by atoms with van der Waals surface area (Å²) < 4.78 is 43.7. The number of nitrogens with zero attached hydrogens (tertiary/aromatic N) is 3. The molecular formula is C19H20F3N3O2. The number of benzene rings is 1. The third kappa shape index (κ3) is 6.09. The summed E-state index contributed by atoms with van der Waals surface area (Å²) in [5.74, 6) is 0.362. The number of carbonyl (C=O) groups is 1. The van der Waals surface area contributed by atoms with E-state index in [0.717, 1.165) is 12.1 Å². The first-order valence-corrected chi connectivity index (χ1v) is 8.30. The Morgan fingerprint density at radius 1 is 1.15 bits per heavy atom. The maximum atomic E-state index is 12.8. The molecule has 0 fully saturated rings. The average Bonchev–Trinajstić information content (AvgIpc) is 3.06. The molecule has 0 N–H and O–H groups in total. The molecule has 8 heteroatoms.